The van der Waals surface area contributed by atoms with Crippen LogP contribution in [-0.2, 0) is 20.6 Å². The summed E-state index contributed by atoms with van der Waals surface area (Å²) in [7, 11) is -3.71. The second-order valence-electron chi connectivity index (χ2n) is 5.97. The standard InChI is InChI=1S/C18H18Cl3FN2O3S2/c1-29(26,27)24(12-5-6-15(20)16(21)9-12)10-18(25)23-7-8-28-11-13-14(19)3-2-4-17(13)22/h2-6,9H,7-8,10-11H2,1H3,(H,23,25). The van der Waals surface area contributed by atoms with Crippen LogP contribution >= 0.6 is 46.6 Å². The normalized spacial score (nSPS) is 11.3. The molecule has 0 bridgehead atoms. The molecule has 0 unspecified atom stereocenters. The minimum atomic E-state index is -3.71. The van der Waals surface area contributed by atoms with Gasteiger partial charge in [-0.2, -0.15) is 11.8 Å². The van der Waals surface area contributed by atoms with Gasteiger partial charge in [-0.1, -0.05) is 40.9 Å². The van der Waals surface area contributed by atoms with Gasteiger partial charge in [0.05, 0.1) is 22.0 Å². The molecule has 0 saturated carbocycles. The molecule has 2 rings (SSSR count). The van der Waals surface area contributed by atoms with Crippen LogP contribution in [0.5, 0.6) is 0 Å². The van der Waals surface area contributed by atoms with Crippen LogP contribution in [0, 0.1) is 5.82 Å². The number of thioether (sulfide) groups is 1. The predicted molar refractivity (Wildman–Crippen MR) is 119 cm³/mol. The van der Waals surface area contributed by atoms with Crippen molar-refractivity contribution in [2.24, 2.45) is 0 Å². The molecular formula is C18H18Cl3FN2O3S2. The van der Waals surface area contributed by atoms with Crippen molar-refractivity contribution in [2.75, 3.05) is 29.4 Å². The Hall–Kier alpha value is -1.19. The first-order chi connectivity index (χ1) is 13.6. The molecule has 0 aromatic heterocycles. The van der Waals surface area contributed by atoms with E-state index in [1.807, 2.05) is 0 Å². The van der Waals surface area contributed by atoms with Crippen molar-refractivity contribution in [1.29, 1.82) is 0 Å². The van der Waals surface area contributed by atoms with Gasteiger partial charge in [-0.15, -0.1) is 0 Å². The topological polar surface area (TPSA) is 66.5 Å². The average molecular weight is 500 g/mol. The molecule has 0 saturated heterocycles. The molecule has 0 fully saturated rings. The van der Waals surface area contributed by atoms with Gasteiger partial charge in [-0.05, 0) is 30.3 Å². The maximum Gasteiger partial charge on any atom is 0.240 e. The van der Waals surface area contributed by atoms with E-state index in [-0.39, 0.29) is 28.1 Å². The molecule has 5 nitrogen and oxygen atoms in total. The highest BCUT2D eigenvalue weighted by Crippen LogP contribution is 2.28. The second kappa shape index (κ2) is 10.7. The molecule has 0 heterocycles. The maximum atomic E-state index is 13.7. The molecule has 2 aromatic carbocycles. The molecule has 0 aliphatic heterocycles. The zero-order chi connectivity index (χ0) is 21.6. The Balaban J connectivity index is 1.88. The summed E-state index contributed by atoms with van der Waals surface area (Å²) in [4.78, 5) is 12.2. The van der Waals surface area contributed by atoms with E-state index in [2.05, 4.69) is 5.32 Å². The molecular weight excluding hydrogens is 482 g/mol. The second-order valence-corrected chi connectivity index (χ2v) is 10.2. The molecule has 158 valence electrons. The summed E-state index contributed by atoms with van der Waals surface area (Å²) >= 11 is 19.2. The first kappa shape index (κ1) is 24.1. The summed E-state index contributed by atoms with van der Waals surface area (Å²) in [6, 6.07) is 8.80. The molecule has 11 heteroatoms. The number of sulfonamides is 1. The van der Waals surface area contributed by atoms with E-state index in [0.717, 1.165) is 10.6 Å². The summed E-state index contributed by atoms with van der Waals surface area (Å²) in [5, 5.41) is 3.46. The van der Waals surface area contributed by atoms with Gasteiger partial charge in [-0.3, -0.25) is 9.10 Å². The van der Waals surface area contributed by atoms with Gasteiger partial charge in [0, 0.05) is 28.6 Å². The Kier molecular flexibility index (Phi) is 8.91. The van der Waals surface area contributed by atoms with Gasteiger partial charge in [0.1, 0.15) is 12.4 Å². The summed E-state index contributed by atoms with van der Waals surface area (Å²) in [6.07, 6.45) is 0.997. The lowest BCUT2D eigenvalue weighted by molar-refractivity contribution is -0.119. The molecule has 0 atom stereocenters. The first-order valence-electron chi connectivity index (χ1n) is 8.29. The minimum Gasteiger partial charge on any atom is -0.354 e. The van der Waals surface area contributed by atoms with Crippen molar-refractivity contribution in [2.45, 2.75) is 5.75 Å². The Labute approximate surface area is 188 Å². The van der Waals surface area contributed by atoms with Crippen molar-refractivity contribution in [1.82, 2.24) is 5.32 Å². The predicted octanol–water partition coefficient (Wildman–Crippen LogP) is 4.60. The fourth-order valence-corrected chi connectivity index (χ4v) is 4.67. The highest BCUT2D eigenvalue weighted by Gasteiger charge is 2.21. The van der Waals surface area contributed by atoms with E-state index in [1.54, 1.807) is 6.07 Å². The van der Waals surface area contributed by atoms with Crippen LogP contribution in [0.4, 0.5) is 10.1 Å². The largest absolute Gasteiger partial charge is 0.354 e. The summed E-state index contributed by atoms with van der Waals surface area (Å²) in [5.74, 6) is 0.00722. The highest BCUT2D eigenvalue weighted by molar-refractivity contribution is 7.98. The third kappa shape index (κ3) is 7.22. The number of benzene rings is 2. The first-order valence-corrected chi connectivity index (χ1v) is 12.4. The zero-order valence-electron chi connectivity index (χ0n) is 15.3. The van der Waals surface area contributed by atoms with Crippen LogP contribution in [0.3, 0.4) is 0 Å². The number of anilines is 1. The van der Waals surface area contributed by atoms with Crippen LogP contribution in [-0.4, -0.2) is 39.4 Å². The fourth-order valence-electron chi connectivity index (χ4n) is 2.33. The number of carbonyl (C=O) groups is 1. The van der Waals surface area contributed by atoms with Gasteiger partial charge in [-0.25, -0.2) is 12.8 Å². The zero-order valence-corrected chi connectivity index (χ0v) is 19.2. The Morgan fingerprint density at radius 1 is 1.14 bits per heavy atom. The van der Waals surface area contributed by atoms with Gasteiger partial charge in [0.25, 0.3) is 0 Å². The van der Waals surface area contributed by atoms with Crippen molar-refractivity contribution in [3.63, 3.8) is 0 Å². The van der Waals surface area contributed by atoms with Gasteiger partial charge < -0.3 is 5.32 Å². The summed E-state index contributed by atoms with van der Waals surface area (Å²) in [6.45, 7) is -0.116. The number of halogens is 4. The van der Waals surface area contributed by atoms with Crippen LogP contribution in [0.15, 0.2) is 36.4 Å². The minimum absolute atomic E-state index is 0.182. The smallest absolute Gasteiger partial charge is 0.240 e. The number of hydrogen-bond donors (Lipinski definition) is 1. The summed E-state index contributed by atoms with van der Waals surface area (Å²) < 4.78 is 38.8. The van der Waals surface area contributed by atoms with Gasteiger partial charge >= 0.3 is 0 Å². The van der Waals surface area contributed by atoms with Gasteiger partial charge in [0.15, 0.2) is 0 Å². The Morgan fingerprint density at radius 3 is 2.48 bits per heavy atom. The molecule has 1 amide bonds. The van der Waals surface area contributed by atoms with Crippen molar-refractivity contribution in [3.8, 4) is 0 Å². The number of amides is 1. The molecule has 0 aliphatic rings. The van der Waals surface area contributed by atoms with E-state index >= 15 is 0 Å². The van der Waals surface area contributed by atoms with E-state index in [0.29, 0.717) is 22.1 Å². The van der Waals surface area contributed by atoms with Crippen molar-refractivity contribution < 1.29 is 17.6 Å². The molecule has 0 radical (unpaired) electrons. The molecule has 0 aliphatic carbocycles. The fraction of sp³-hybridized carbons (Fsp3) is 0.278. The van der Waals surface area contributed by atoms with Gasteiger partial charge in [0.2, 0.25) is 15.9 Å². The monoisotopic (exact) mass is 498 g/mol. The van der Waals surface area contributed by atoms with Crippen LogP contribution < -0.4 is 9.62 Å². The molecule has 1 N–H and O–H groups in total. The Bertz CT molecular complexity index is 970. The van der Waals surface area contributed by atoms with Crippen LogP contribution in [0.2, 0.25) is 15.1 Å². The van der Waals surface area contributed by atoms with E-state index in [9.17, 15) is 17.6 Å². The lowest BCUT2D eigenvalue weighted by atomic mass is 10.2. The van der Waals surface area contributed by atoms with Crippen LogP contribution in [0.1, 0.15) is 5.56 Å². The summed E-state index contributed by atoms with van der Waals surface area (Å²) in [5.41, 5.74) is 0.647. The lowest BCUT2D eigenvalue weighted by Gasteiger charge is -2.22. The van der Waals surface area contributed by atoms with Crippen LogP contribution in [0.25, 0.3) is 0 Å². The van der Waals surface area contributed by atoms with E-state index in [1.165, 1.54) is 42.1 Å². The van der Waals surface area contributed by atoms with E-state index < -0.39 is 22.5 Å². The van der Waals surface area contributed by atoms with Crippen molar-refractivity contribution >= 4 is 68.2 Å². The maximum absolute atomic E-state index is 13.7. The number of nitrogens with one attached hydrogen (secondary N) is 1. The third-order valence-electron chi connectivity index (χ3n) is 3.76. The van der Waals surface area contributed by atoms with Crippen molar-refractivity contribution in [3.05, 3.63) is 62.8 Å². The molecule has 0 spiro atoms. The lowest BCUT2D eigenvalue weighted by Crippen LogP contribution is -2.41. The number of carbonyl (C=O) groups excluding carboxylic acids is 1. The number of hydrogen-bond acceptors (Lipinski definition) is 4. The highest BCUT2D eigenvalue weighted by atomic mass is 35.5. The Morgan fingerprint density at radius 2 is 1.86 bits per heavy atom. The molecule has 29 heavy (non-hydrogen) atoms. The number of nitrogens with zero attached hydrogens (tertiary/aromatic N) is 1. The number of rotatable bonds is 9. The van der Waals surface area contributed by atoms with E-state index in [4.69, 9.17) is 34.8 Å². The SMILES string of the molecule is CS(=O)(=O)N(CC(=O)NCCSCc1c(F)cccc1Cl)c1ccc(Cl)c(Cl)c1. The third-order valence-corrected chi connectivity index (χ3v) is 6.97. The average Bonchev–Trinajstić information content (AvgIpc) is 2.63. The quantitative estimate of drug-likeness (QED) is 0.512. The molecule has 2 aromatic rings.